The summed E-state index contributed by atoms with van der Waals surface area (Å²) < 4.78 is 37.5. The third kappa shape index (κ3) is 5.19. The summed E-state index contributed by atoms with van der Waals surface area (Å²) in [5.41, 5.74) is -0.433. The van der Waals surface area contributed by atoms with Gasteiger partial charge < -0.3 is 10.2 Å². The van der Waals surface area contributed by atoms with Crippen LogP contribution < -0.4 is 10.9 Å². The van der Waals surface area contributed by atoms with Crippen LogP contribution in [-0.4, -0.2) is 48.0 Å². The van der Waals surface area contributed by atoms with Crippen LogP contribution in [0.15, 0.2) is 15.5 Å². The van der Waals surface area contributed by atoms with Gasteiger partial charge in [-0.15, -0.1) is 0 Å². The molecule has 5 nitrogen and oxygen atoms in total. The van der Waals surface area contributed by atoms with Gasteiger partial charge in [0.15, 0.2) is 0 Å². The average Bonchev–Trinajstić information content (AvgIpc) is 2.28. The number of halogens is 4. The second-order valence-corrected chi connectivity index (χ2v) is 4.97. The number of likely N-dealkylation sites (N-methyl/N-ethyl adjacent to an activating group) is 1. The van der Waals surface area contributed by atoms with E-state index in [2.05, 4.69) is 26.3 Å². The smallest absolute Gasteiger partial charge is 0.374 e. The Morgan fingerprint density at radius 3 is 2.63 bits per heavy atom. The summed E-state index contributed by atoms with van der Waals surface area (Å²) in [6, 6.07) is 0. The number of nitrogens with one attached hydrogen (secondary N) is 1. The number of hydrogen-bond acceptors (Lipinski definition) is 4. The lowest BCUT2D eigenvalue weighted by Gasteiger charge is -2.13. The van der Waals surface area contributed by atoms with Gasteiger partial charge in [-0.25, -0.2) is 4.68 Å². The van der Waals surface area contributed by atoms with Crippen molar-refractivity contribution in [3.63, 3.8) is 0 Å². The van der Waals surface area contributed by atoms with Crippen LogP contribution in [0.3, 0.4) is 0 Å². The van der Waals surface area contributed by atoms with E-state index in [1.165, 1.54) is 10.9 Å². The van der Waals surface area contributed by atoms with E-state index in [4.69, 9.17) is 0 Å². The minimum absolute atomic E-state index is 0.0310. The molecule has 0 aliphatic carbocycles. The Morgan fingerprint density at radius 1 is 1.47 bits per heavy atom. The van der Waals surface area contributed by atoms with Crippen LogP contribution in [0.5, 0.6) is 0 Å². The summed E-state index contributed by atoms with van der Waals surface area (Å²) in [6.07, 6.45) is -3.15. The van der Waals surface area contributed by atoms with E-state index in [0.717, 1.165) is 0 Å². The number of hydrogen-bond donors (Lipinski definition) is 1. The van der Waals surface area contributed by atoms with E-state index >= 15 is 0 Å². The molecule has 1 aromatic heterocycles. The maximum Gasteiger partial charge on any atom is 0.405 e. The normalized spacial score (nSPS) is 11.9. The Bertz CT molecular complexity index is 487. The summed E-state index contributed by atoms with van der Waals surface area (Å²) >= 11 is 2.99. The van der Waals surface area contributed by atoms with Gasteiger partial charge in [0.2, 0.25) is 0 Å². The fourth-order valence-electron chi connectivity index (χ4n) is 1.24. The quantitative estimate of drug-likeness (QED) is 0.881. The number of rotatable bonds is 5. The van der Waals surface area contributed by atoms with Crippen molar-refractivity contribution in [2.24, 2.45) is 0 Å². The van der Waals surface area contributed by atoms with Crippen LogP contribution in [0.2, 0.25) is 0 Å². The molecule has 9 heteroatoms. The molecule has 0 unspecified atom stereocenters. The molecule has 0 atom stereocenters. The first kappa shape index (κ1) is 16.0. The zero-order valence-corrected chi connectivity index (χ0v) is 12.0. The van der Waals surface area contributed by atoms with Crippen molar-refractivity contribution in [1.82, 2.24) is 14.7 Å². The number of alkyl halides is 3. The van der Waals surface area contributed by atoms with E-state index in [-0.39, 0.29) is 10.2 Å². The highest BCUT2D eigenvalue weighted by Gasteiger charge is 2.27. The lowest BCUT2D eigenvalue weighted by atomic mass is 10.4. The first-order valence-electron chi connectivity index (χ1n) is 5.41. The van der Waals surface area contributed by atoms with Gasteiger partial charge in [-0.3, -0.25) is 4.79 Å². The summed E-state index contributed by atoms with van der Waals surface area (Å²) in [4.78, 5) is 13.7. The largest absolute Gasteiger partial charge is 0.405 e. The van der Waals surface area contributed by atoms with Crippen molar-refractivity contribution in [2.45, 2.75) is 12.7 Å². The maximum atomic E-state index is 12.1. The van der Waals surface area contributed by atoms with Crippen LogP contribution in [0.4, 0.5) is 18.9 Å². The SMILES string of the molecule is CN(C)CCn1ncc(NCC(F)(F)F)c(Br)c1=O. The molecule has 0 radical (unpaired) electrons. The van der Waals surface area contributed by atoms with Crippen molar-refractivity contribution in [3.8, 4) is 0 Å². The molecule has 0 fully saturated rings. The Hall–Kier alpha value is -1.09. The fraction of sp³-hybridized carbons (Fsp3) is 0.600. The summed E-state index contributed by atoms with van der Waals surface area (Å²) in [7, 11) is 3.69. The summed E-state index contributed by atoms with van der Waals surface area (Å²) in [5, 5.41) is 5.96. The molecule has 0 saturated heterocycles. The Labute approximate surface area is 116 Å². The highest BCUT2D eigenvalue weighted by Crippen LogP contribution is 2.20. The molecular weight excluding hydrogens is 329 g/mol. The van der Waals surface area contributed by atoms with E-state index in [1.54, 1.807) is 0 Å². The average molecular weight is 343 g/mol. The zero-order chi connectivity index (χ0) is 14.6. The zero-order valence-electron chi connectivity index (χ0n) is 10.5. The fourth-order valence-corrected chi connectivity index (χ4v) is 1.68. The van der Waals surface area contributed by atoms with Crippen LogP contribution in [-0.2, 0) is 6.54 Å². The number of nitrogens with zero attached hydrogens (tertiary/aromatic N) is 3. The minimum Gasteiger partial charge on any atom is -0.374 e. The molecule has 1 N–H and O–H groups in total. The highest BCUT2D eigenvalue weighted by atomic mass is 79.9. The summed E-state index contributed by atoms with van der Waals surface area (Å²) in [5.74, 6) is 0. The van der Waals surface area contributed by atoms with Crippen molar-refractivity contribution in [2.75, 3.05) is 32.5 Å². The Kier molecular flexibility index (Phi) is 5.36. The predicted molar refractivity (Wildman–Crippen MR) is 69.3 cm³/mol. The molecule has 0 aliphatic rings. The molecular formula is C10H14BrF3N4O. The van der Waals surface area contributed by atoms with Crippen LogP contribution in [0, 0.1) is 0 Å². The lowest BCUT2D eigenvalue weighted by molar-refractivity contribution is -0.115. The van der Waals surface area contributed by atoms with E-state index in [0.29, 0.717) is 13.1 Å². The Balaban J connectivity index is 2.83. The monoisotopic (exact) mass is 342 g/mol. The Morgan fingerprint density at radius 2 is 2.11 bits per heavy atom. The lowest BCUT2D eigenvalue weighted by Crippen LogP contribution is -2.30. The molecule has 1 rings (SSSR count). The van der Waals surface area contributed by atoms with Crippen molar-refractivity contribution < 1.29 is 13.2 Å². The first-order chi connectivity index (χ1) is 8.70. The van der Waals surface area contributed by atoms with Gasteiger partial charge in [-0.1, -0.05) is 0 Å². The minimum atomic E-state index is -4.35. The molecule has 19 heavy (non-hydrogen) atoms. The molecule has 108 valence electrons. The van der Waals surface area contributed by atoms with Crippen molar-refractivity contribution >= 4 is 21.6 Å². The maximum absolute atomic E-state index is 12.1. The number of aromatic nitrogens is 2. The molecule has 1 heterocycles. The van der Waals surface area contributed by atoms with Gasteiger partial charge in [-0.05, 0) is 30.0 Å². The highest BCUT2D eigenvalue weighted by molar-refractivity contribution is 9.10. The molecule has 0 aromatic carbocycles. The third-order valence-corrected chi connectivity index (χ3v) is 2.99. The molecule has 0 saturated carbocycles. The van der Waals surface area contributed by atoms with Gasteiger partial charge >= 0.3 is 6.18 Å². The first-order valence-corrected chi connectivity index (χ1v) is 6.21. The predicted octanol–water partition coefficient (Wildman–Crippen LogP) is 1.54. The molecule has 0 spiro atoms. The third-order valence-electron chi connectivity index (χ3n) is 2.22. The second-order valence-electron chi connectivity index (χ2n) is 4.17. The van der Waals surface area contributed by atoms with E-state index < -0.39 is 18.3 Å². The van der Waals surface area contributed by atoms with Crippen molar-refractivity contribution in [1.29, 1.82) is 0 Å². The van der Waals surface area contributed by atoms with Crippen LogP contribution in [0.25, 0.3) is 0 Å². The van der Waals surface area contributed by atoms with Crippen molar-refractivity contribution in [3.05, 3.63) is 21.0 Å². The van der Waals surface area contributed by atoms with Crippen LogP contribution in [0.1, 0.15) is 0 Å². The molecule has 0 aliphatic heterocycles. The number of anilines is 1. The second kappa shape index (κ2) is 6.38. The standard InChI is InChI=1S/C10H14BrF3N4O/c1-17(2)3-4-18-9(19)8(11)7(5-16-18)15-6-10(12,13)14/h5,15H,3-4,6H2,1-2H3. The molecule has 0 bridgehead atoms. The topological polar surface area (TPSA) is 50.2 Å². The summed E-state index contributed by atoms with van der Waals surface area (Å²) in [6.45, 7) is -0.243. The van der Waals surface area contributed by atoms with Gasteiger partial charge in [0.05, 0.1) is 18.4 Å². The molecule has 1 aromatic rings. The van der Waals surface area contributed by atoms with Gasteiger partial charge in [0.25, 0.3) is 5.56 Å². The van der Waals surface area contributed by atoms with Crippen LogP contribution >= 0.6 is 15.9 Å². The van der Waals surface area contributed by atoms with Gasteiger partial charge in [-0.2, -0.15) is 18.3 Å². The molecule has 0 amide bonds. The van der Waals surface area contributed by atoms with E-state index in [9.17, 15) is 18.0 Å². The van der Waals surface area contributed by atoms with Gasteiger partial charge in [0.1, 0.15) is 11.0 Å². The van der Waals surface area contributed by atoms with E-state index in [1.807, 2.05) is 19.0 Å². The van der Waals surface area contributed by atoms with Gasteiger partial charge in [0, 0.05) is 6.54 Å².